The highest BCUT2D eigenvalue weighted by Gasteiger charge is 2.15. The van der Waals surface area contributed by atoms with Crippen molar-refractivity contribution in [1.29, 1.82) is 0 Å². The van der Waals surface area contributed by atoms with Gasteiger partial charge >= 0.3 is 6.03 Å². The molecular formula is C26H23ClN6O2. The smallest absolute Gasteiger partial charge is 0.323 e. The van der Waals surface area contributed by atoms with Gasteiger partial charge in [0.25, 0.3) is 0 Å². The van der Waals surface area contributed by atoms with Crippen LogP contribution < -0.4 is 20.9 Å². The van der Waals surface area contributed by atoms with Crippen LogP contribution in [0, 0.1) is 0 Å². The molecule has 1 aromatic heterocycles. The van der Waals surface area contributed by atoms with Crippen LogP contribution in [0.1, 0.15) is 15.9 Å². The summed E-state index contributed by atoms with van der Waals surface area (Å²) in [4.78, 5) is 36.8. The number of ketones is 1. The average molecular weight is 487 g/mol. The first-order chi connectivity index (χ1) is 17.0. The Morgan fingerprint density at radius 1 is 0.829 bits per heavy atom. The Bertz CT molecular complexity index is 1370. The van der Waals surface area contributed by atoms with Crippen LogP contribution in [0.15, 0.2) is 72.9 Å². The second-order valence-electron chi connectivity index (χ2n) is 8.16. The molecule has 9 heteroatoms. The summed E-state index contributed by atoms with van der Waals surface area (Å²) in [6.45, 7) is 3.56. The second kappa shape index (κ2) is 10.1. The van der Waals surface area contributed by atoms with Crippen LogP contribution in [-0.2, 0) is 0 Å². The van der Waals surface area contributed by atoms with Crippen molar-refractivity contribution >= 4 is 51.6 Å². The number of halogens is 1. The highest BCUT2D eigenvalue weighted by Crippen LogP contribution is 2.20. The first-order valence-corrected chi connectivity index (χ1v) is 11.6. The minimum Gasteiger partial charge on any atom is -0.353 e. The van der Waals surface area contributed by atoms with E-state index in [0.717, 1.165) is 37.5 Å². The Labute approximate surface area is 207 Å². The van der Waals surface area contributed by atoms with Crippen molar-refractivity contribution in [3.63, 3.8) is 0 Å². The average Bonchev–Trinajstić information content (AvgIpc) is 2.90. The van der Waals surface area contributed by atoms with E-state index in [1.165, 1.54) is 0 Å². The lowest BCUT2D eigenvalue weighted by Gasteiger charge is -2.28. The van der Waals surface area contributed by atoms with Gasteiger partial charge in [0.2, 0.25) is 0 Å². The zero-order valence-corrected chi connectivity index (χ0v) is 19.5. The lowest BCUT2D eigenvalue weighted by atomic mass is 10.0. The van der Waals surface area contributed by atoms with Gasteiger partial charge in [0, 0.05) is 53.7 Å². The van der Waals surface area contributed by atoms with Crippen molar-refractivity contribution in [2.75, 3.05) is 41.7 Å². The molecule has 35 heavy (non-hydrogen) atoms. The number of aromatic nitrogens is 2. The highest BCUT2D eigenvalue weighted by atomic mass is 35.5. The summed E-state index contributed by atoms with van der Waals surface area (Å²) >= 11 is 5.86. The number of anilines is 3. The highest BCUT2D eigenvalue weighted by molar-refractivity contribution is 6.30. The fourth-order valence-electron chi connectivity index (χ4n) is 3.89. The van der Waals surface area contributed by atoms with Crippen LogP contribution in [-0.4, -0.2) is 48.0 Å². The zero-order valence-electron chi connectivity index (χ0n) is 18.8. The van der Waals surface area contributed by atoms with Gasteiger partial charge in [0.1, 0.15) is 5.82 Å². The predicted octanol–water partition coefficient (Wildman–Crippen LogP) is 4.57. The van der Waals surface area contributed by atoms with E-state index in [2.05, 4.69) is 25.8 Å². The summed E-state index contributed by atoms with van der Waals surface area (Å²) in [6.07, 6.45) is 1.78. The first kappa shape index (κ1) is 22.8. The number of carbonyl (C=O) groups excluding carboxylic acids is 2. The maximum atomic E-state index is 13.1. The van der Waals surface area contributed by atoms with Gasteiger partial charge in [-0.15, -0.1) is 0 Å². The van der Waals surface area contributed by atoms with Gasteiger partial charge in [-0.05, 0) is 66.7 Å². The SMILES string of the molecule is O=C(Nc1ccc(Cl)cc1)Nc1ccc(C(=O)c2ccc3ncc(N4CCNCC4)nc3c2)cc1. The Kier molecular flexibility index (Phi) is 6.56. The summed E-state index contributed by atoms with van der Waals surface area (Å²) in [5.74, 6) is 0.689. The van der Waals surface area contributed by atoms with E-state index in [-0.39, 0.29) is 11.8 Å². The molecule has 8 nitrogen and oxygen atoms in total. The largest absolute Gasteiger partial charge is 0.353 e. The third-order valence-corrected chi connectivity index (χ3v) is 5.99. The molecule has 1 fully saturated rings. The van der Waals surface area contributed by atoms with E-state index in [1.807, 2.05) is 6.07 Å². The van der Waals surface area contributed by atoms with Crippen molar-refractivity contribution in [1.82, 2.24) is 15.3 Å². The van der Waals surface area contributed by atoms with Crippen molar-refractivity contribution < 1.29 is 9.59 Å². The molecule has 1 saturated heterocycles. The Morgan fingerprint density at radius 3 is 2.14 bits per heavy atom. The van der Waals surface area contributed by atoms with Gasteiger partial charge in [-0.2, -0.15) is 0 Å². The minimum atomic E-state index is -0.389. The number of nitrogens with zero attached hydrogens (tertiary/aromatic N) is 3. The third kappa shape index (κ3) is 5.40. The van der Waals surface area contributed by atoms with Crippen LogP contribution in [0.2, 0.25) is 5.02 Å². The fraction of sp³-hybridized carbons (Fsp3) is 0.154. The van der Waals surface area contributed by atoms with E-state index in [0.29, 0.717) is 33.0 Å². The molecule has 0 atom stereocenters. The normalized spacial score (nSPS) is 13.5. The van der Waals surface area contributed by atoms with E-state index < -0.39 is 0 Å². The number of hydrogen-bond acceptors (Lipinski definition) is 6. The van der Waals surface area contributed by atoms with Gasteiger partial charge < -0.3 is 20.9 Å². The van der Waals surface area contributed by atoms with Crippen LogP contribution in [0.4, 0.5) is 22.0 Å². The summed E-state index contributed by atoms with van der Waals surface area (Å²) < 4.78 is 0. The van der Waals surface area contributed by atoms with E-state index in [9.17, 15) is 9.59 Å². The standard InChI is InChI=1S/C26H23ClN6O2/c27-19-4-8-21(9-5-19)31-26(35)30-20-6-1-17(2-7-20)25(34)18-3-10-22-23(15-18)32-24(16-29-22)33-13-11-28-12-14-33/h1-10,15-16,28H,11-14H2,(H2,30,31,35). The number of urea groups is 1. The van der Waals surface area contributed by atoms with Crippen LogP contribution >= 0.6 is 11.6 Å². The molecule has 0 saturated carbocycles. The van der Waals surface area contributed by atoms with Gasteiger partial charge in [0.05, 0.1) is 17.2 Å². The number of fused-ring (bicyclic) bond motifs is 1. The van der Waals surface area contributed by atoms with Crippen molar-refractivity contribution in [3.05, 3.63) is 89.1 Å². The molecule has 3 N–H and O–H groups in total. The molecule has 176 valence electrons. The topological polar surface area (TPSA) is 99.2 Å². The van der Waals surface area contributed by atoms with Crippen LogP contribution in [0.25, 0.3) is 11.0 Å². The molecule has 0 bridgehead atoms. The molecule has 1 aliphatic rings. The second-order valence-corrected chi connectivity index (χ2v) is 8.60. The van der Waals surface area contributed by atoms with Gasteiger partial charge in [0.15, 0.2) is 5.78 Å². The molecule has 0 aliphatic carbocycles. The van der Waals surface area contributed by atoms with E-state index >= 15 is 0 Å². The minimum absolute atomic E-state index is 0.126. The number of hydrogen-bond donors (Lipinski definition) is 3. The lowest BCUT2D eigenvalue weighted by Crippen LogP contribution is -2.43. The number of benzene rings is 3. The monoisotopic (exact) mass is 486 g/mol. The molecule has 3 aromatic carbocycles. The van der Waals surface area contributed by atoms with Crippen LogP contribution in [0.5, 0.6) is 0 Å². The van der Waals surface area contributed by atoms with Gasteiger partial charge in [-0.3, -0.25) is 9.78 Å². The summed E-state index contributed by atoms with van der Waals surface area (Å²) in [7, 11) is 0. The number of rotatable bonds is 5. The van der Waals surface area contributed by atoms with Crippen LogP contribution in [0.3, 0.4) is 0 Å². The lowest BCUT2D eigenvalue weighted by molar-refractivity contribution is 0.103. The molecule has 1 aliphatic heterocycles. The molecular weight excluding hydrogens is 464 g/mol. The summed E-state index contributed by atoms with van der Waals surface area (Å²) in [5.41, 5.74) is 3.66. The van der Waals surface area contributed by atoms with Crippen molar-refractivity contribution in [3.8, 4) is 0 Å². The molecule has 2 heterocycles. The Balaban J connectivity index is 1.28. The van der Waals surface area contributed by atoms with Crippen molar-refractivity contribution in [2.45, 2.75) is 0 Å². The molecule has 0 radical (unpaired) electrons. The Hall–Kier alpha value is -4.01. The van der Waals surface area contributed by atoms with Gasteiger partial charge in [-0.25, -0.2) is 9.78 Å². The first-order valence-electron chi connectivity index (χ1n) is 11.3. The van der Waals surface area contributed by atoms with Gasteiger partial charge in [-0.1, -0.05) is 11.6 Å². The molecule has 0 spiro atoms. The number of nitrogens with one attached hydrogen (secondary N) is 3. The quantitative estimate of drug-likeness (QED) is 0.357. The maximum Gasteiger partial charge on any atom is 0.323 e. The van der Waals surface area contributed by atoms with E-state index in [4.69, 9.17) is 16.6 Å². The van der Waals surface area contributed by atoms with Crippen molar-refractivity contribution in [2.24, 2.45) is 0 Å². The zero-order chi connectivity index (χ0) is 24.2. The third-order valence-electron chi connectivity index (χ3n) is 5.74. The number of amides is 2. The molecule has 0 unspecified atom stereocenters. The number of carbonyl (C=O) groups is 2. The molecule has 5 rings (SSSR count). The maximum absolute atomic E-state index is 13.1. The summed E-state index contributed by atoms with van der Waals surface area (Å²) in [5, 5.41) is 9.40. The number of piperazine rings is 1. The summed E-state index contributed by atoms with van der Waals surface area (Å²) in [6, 6.07) is 18.5. The fourth-order valence-corrected chi connectivity index (χ4v) is 4.01. The van der Waals surface area contributed by atoms with E-state index in [1.54, 1.807) is 66.9 Å². The molecule has 4 aromatic rings. The molecule has 2 amide bonds. The predicted molar refractivity (Wildman–Crippen MR) is 139 cm³/mol. The Morgan fingerprint density at radius 2 is 1.46 bits per heavy atom.